The summed E-state index contributed by atoms with van der Waals surface area (Å²) in [5, 5.41) is 0. The highest BCUT2D eigenvalue weighted by Crippen LogP contribution is 2.38. The lowest BCUT2D eigenvalue weighted by atomic mass is 9.69. The molecule has 0 N–H and O–H groups in total. The van der Waals surface area contributed by atoms with Gasteiger partial charge in [0.1, 0.15) is 12.1 Å². The molecule has 0 saturated heterocycles. The lowest BCUT2D eigenvalue weighted by molar-refractivity contribution is -0.129. The molecule has 80 valence electrons. The molecule has 0 aliphatic heterocycles. The van der Waals surface area contributed by atoms with Crippen molar-refractivity contribution >= 4 is 12.1 Å². The molecule has 0 aromatic heterocycles. The molecular weight excluding hydrogens is 176 g/mol. The van der Waals surface area contributed by atoms with E-state index in [0.717, 1.165) is 19.1 Å². The fraction of sp³-hybridized carbons (Fsp3) is 0.833. The first kappa shape index (κ1) is 11.4. The van der Waals surface area contributed by atoms with Gasteiger partial charge in [-0.3, -0.25) is 4.79 Å². The third kappa shape index (κ3) is 2.66. The van der Waals surface area contributed by atoms with Gasteiger partial charge in [-0.1, -0.05) is 20.8 Å². The van der Waals surface area contributed by atoms with Crippen molar-refractivity contribution < 1.29 is 9.59 Å². The van der Waals surface area contributed by atoms with Gasteiger partial charge in [0.25, 0.3) is 0 Å². The van der Waals surface area contributed by atoms with Gasteiger partial charge in [0.15, 0.2) is 0 Å². The van der Waals surface area contributed by atoms with E-state index in [1.807, 2.05) is 0 Å². The maximum absolute atomic E-state index is 11.7. The van der Waals surface area contributed by atoms with Gasteiger partial charge >= 0.3 is 0 Å². The van der Waals surface area contributed by atoms with Crippen molar-refractivity contribution in [1.29, 1.82) is 0 Å². The first-order valence-corrected chi connectivity index (χ1v) is 5.41. The number of carbonyl (C=O) groups is 2. The predicted molar refractivity (Wildman–Crippen MR) is 56.0 cm³/mol. The first-order chi connectivity index (χ1) is 6.45. The molecule has 2 heteroatoms. The van der Waals surface area contributed by atoms with Gasteiger partial charge in [-0.05, 0) is 24.2 Å². The summed E-state index contributed by atoms with van der Waals surface area (Å²) in [6.45, 7) is 6.56. The van der Waals surface area contributed by atoms with Crippen LogP contribution in [-0.4, -0.2) is 12.1 Å². The third-order valence-corrected chi connectivity index (χ3v) is 3.37. The second-order valence-electron chi connectivity index (χ2n) is 5.41. The fourth-order valence-electron chi connectivity index (χ4n) is 2.18. The smallest absolute Gasteiger partial charge is 0.136 e. The van der Waals surface area contributed by atoms with Crippen molar-refractivity contribution in [3.63, 3.8) is 0 Å². The highest BCUT2D eigenvalue weighted by atomic mass is 16.1. The van der Waals surface area contributed by atoms with E-state index in [9.17, 15) is 9.59 Å². The summed E-state index contributed by atoms with van der Waals surface area (Å²) in [7, 11) is 0. The summed E-state index contributed by atoms with van der Waals surface area (Å²) >= 11 is 0. The van der Waals surface area contributed by atoms with Gasteiger partial charge in [0, 0.05) is 18.8 Å². The van der Waals surface area contributed by atoms with Crippen molar-refractivity contribution in [2.45, 2.75) is 46.5 Å². The lowest BCUT2D eigenvalue weighted by Crippen LogP contribution is -2.32. The molecule has 1 fully saturated rings. The Morgan fingerprint density at radius 3 is 2.43 bits per heavy atom. The normalized spacial score (nSPS) is 28.9. The van der Waals surface area contributed by atoms with Crippen LogP contribution in [0.15, 0.2) is 0 Å². The molecule has 1 saturated carbocycles. The van der Waals surface area contributed by atoms with Crippen LogP contribution in [0.5, 0.6) is 0 Å². The highest BCUT2D eigenvalue weighted by Gasteiger charge is 2.34. The molecule has 1 aliphatic rings. The summed E-state index contributed by atoms with van der Waals surface area (Å²) in [5.74, 6) is 0.812. The number of aldehydes is 1. The third-order valence-electron chi connectivity index (χ3n) is 3.37. The van der Waals surface area contributed by atoms with Crippen LogP contribution in [0.2, 0.25) is 0 Å². The Balaban J connectivity index is 2.55. The van der Waals surface area contributed by atoms with Gasteiger partial charge in [-0.25, -0.2) is 0 Å². The average molecular weight is 196 g/mol. The first-order valence-electron chi connectivity index (χ1n) is 5.41. The van der Waals surface area contributed by atoms with Crippen molar-refractivity contribution in [1.82, 2.24) is 0 Å². The zero-order valence-corrected chi connectivity index (χ0v) is 9.38. The molecule has 0 spiro atoms. The minimum atomic E-state index is 0.0195. The Morgan fingerprint density at radius 2 is 2.00 bits per heavy atom. The largest absolute Gasteiger partial charge is 0.303 e. The average Bonchev–Trinajstić information content (AvgIpc) is 2.07. The van der Waals surface area contributed by atoms with Crippen LogP contribution in [0.4, 0.5) is 0 Å². The van der Waals surface area contributed by atoms with Crippen LogP contribution in [0.3, 0.4) is 0 Å². The maximum atomic E-state index is 11.7. The Bertz CT molecular complexity index is 225. The molecule has 0 heterocycles. The lowest BCUT2D eigenvalue weighted by Gasteiger charge is -2.35. The molecule has 0 bridgehead atoms. The second kappa shape index (κ2) is 4.24. The number of carbonyl (C=O) groups excluding carboxylic acids is 2. The Labute approximate surface area is 86.1 Å². The van der Waals surface area contributed by atoms with Crippen molar-refractivity contribution in [3.8, 4) is 0 Å². The Morgan fingerprint density at radius 1 is 1.36 bits per heavy atom. The summed E-state index contributed by atoms with van der Waals surface area (Å²) < 4.78 is 0. The zero-order valence-electron chi connectivity index (χ0n) is 9.38. The maximum Gasteiger partial charge on any atom is 0.136 e. The van der Waals surface area contributed by atoms with Crippen LogP contribution >= 0.6 is 0 Å². The molecular formula is C12H20O2. The second-order valence-corrected chi connectivity index (χ2v) is 5.41. The van der Waals surface area contributed by atoms with E-state index in [1.165, 1.54) is 0 Å². The van der Waals surface area contributed by atoms with E-state index < -0.39 is 0 Å². The van der Waals surface area contributed by atoms with Crippen LogP contribution < -0.4 is 0 Å². The molecule has 0 aromatic rings. The number of Topliss-reactive ketones (excluding diaryl/α,β-unsaturated/α-hetero) is 1. The predicted octanol–water partition coefficient (Wildman–Crippen LogP) is 2.61. The van der Waals surface area contributed by atoms with E-state index in [2.05, 4.69) is 20.8 Å². The molecule has 14 heavy (non-hydrogen) atoms. The Hall–Kier alpha value is -0.660. The zero-order chi connectivity index (χ0) is 10.8. The van der Waals surface area contributed by atoms with Gasteiger partial charge in [-0.15, -0.1) is 0 Å². The monoisotopic (exact) mass is 196 g/mol. The molecule has 0 aromatic carbocycles. The van der Waals surface area contributed by atoms with E-state index in [1.54, 1.807) is 0 Å². The number of hydrogen-bond acceptors (Lipinski definition) is 2. The van der Waals surface area contributed by atoms with Crippen molar-refractivity contribution in [2.24, 2.45) is 17.3 Å². The van der Waals surface area contributed by atoms with Gasteiger partial charge in [-0.2, -0.15) is 0 Å². The van der Waals surface area contributed by atoms with Crippen molar-refractivity contribution in [2.75, 3.05) is 0 Å². The number of ketones is 1. The number of hydrogen-bond donors (Lipinski definition) is 0. The molecule has 0 unspecified atom stereocenters. The summed E-state index contributed by atoms with van der Waals surface area (Å²) in [6.07, 6.45) is 3.96. The standard InChI is InChI=1S/C12H20O2/c1-12(2,3)10-5-4-9(6-7-13)11(14)8-10/h7,9-10H,4-6,8H2,1-3H3/t9-,10+/m1/s1. The highest BCUT2D eigenvalue weighted by molar-refractivity contribution is 5.83. The minimum absolute atomic E-state index is 0.0195. The minimum Gasteiger partial charge on any atom is -0.303 e. The van der Waals surface area contributed by atoms with E-state index >= 15 is 0 Å². The molecule has 1 rings (SSSR count). The SMILES string of the molecule is CC(C)(C)[C@H]1CC[C@H](CC=O)C(=O)C1. The van der Waals surface area contributed by atoms with Gasteiger partial charge in [0.05, 0.1) is 0 Å². The fourth-order valence-corrected chi connectivity index (χ4v) is 2.18. The molecule has 0 amide bonds. The van der Waals surface area contributed by atoms with Crippen molar-refractivity contribution in [3.05, 3.63) is 0 Å². The quantitative estimate of drug-likeness (QED) is 0.636. The van der Waals surface area contributed by atoms with Crippen LogP contribution in [0.1, 0.15) is 46.5 Å². The van der Waals surface area contributed by atoms with Gasteiger partial charge < -0.3 is 4.79 Å². The van der Waals surface area contributed by atoms with E-state index in [4.69, 9.17) is 0 Å². The summed E-state index contributed by atoms with van der Waals surface area (Å²) in [6, 6.07) is 0. The van der Waals surface area contributed by atoms with E-state index in [-0.39, 0.29) is 11.3 Å². The number of rotatable bonds is 2. The molecule has 2 atom stereocenters. The van der Waals surface area contributed by atoms with Crippen LogP contribution in [-0.2, 0) is 9.59 Å². The summed E-state index contributed by atoms with van der Waals surface area (Å²) in [4.78, 5) is 22.0. The van der Waals surface area contributed by atoms with Gasteiger partial charge in [0.2, 0.25) is 0 Å². The molecule has 0 radical (unpaired) electrons. The topological polar surface area (TPSA) is 34.1 Å². The molecule has 2 nitrogen and oxygen atoms in total. The Kier molecular flexibility index (Phi) is 3.46. The van der Waals surface area contributed by atoms with E-state index in [0.29, 0.717) is 24.5 Å². The van der Waals surface area contributed by atoms with Crippen LogP contribution in [0, 0.1) is 17.3 Å². The van der Waals surface area contributed by atoms with Crippen LogP contribution in [0.25, 0.3) is 0 Å². The summed E-state index contributed by atoms with van der Waals surface area (Å²) in [5.41, 5.74) is 0.224. The molecule has 1 aliphatic carbocycles.